The maximum absolute atomic E-state index is 10.6. The molecular formula is C9H7N3O2. The summed E-state index contributed by atoms with van der Waals surface area (Å²) >= 11 is 0. The number of benzene rings is 1. The molecule has 0 saturated heterocycles. The van der Waals surface area contributed by atoms with Crippen molar-refractivity contribution < 1.29 is 9.90 Å². The van der Waals surface area contributed by atoms with Gasteiger partial charge in [-0.3, -0.25) is 0 Å². The number of carbonyl (C=O) groups is 1. The van der Waals surface area contributed by atoms with E-state index in [0.717, 1.165) is 0 Å². The molecule has 0 spiro atoms. The van der Waals surface area contributed by atoms with Gasteiger partial charge in [0.05, 0.1) is 0 Å². The Balaban J connectivity index is 3.05. The lowest BCUT2D eigenvalue weighted by Crippen LogP contribution is -1.96. The van der Waals surface area contributed by atoms with E-state index in [9.17, 15) is 4.79 Å². The third-order valence-corrected chi connectivity index (χ3v) is 1.47. The molecule has 0 amide bonds. The summed E-state index contributed by atoms with van der Waals surface area (Å²) in [4.78, 5) is 13.0. The highest BCUT2D eigenvalue weighted by molar-refractivity contribution is 5.91. The first-order chi connectivity index (χ1) is 6.74. The van der Waals surface area contributed by atoms with Crippen molar-refractivity contribution >= 4 is 12.0 Å². The third kappa shape index (κ3) is 2.66. The van der Waals surface area contributed by atoms with Crippen molar-refractivity contribution in [3.63, 3.8) is 0 Å². The Kier molecular flexibility index (Phi) is 3.29. The summed E-state index contributed by atoms with van der Waals surface area (Å²) in [5, 5.41) is 11.7. The van der Waals surface area contributed by atoms with Crippen LogP contribution in [0.2, 0.25) is 0 Å². The van der Waals surface area contributed by atoms with Gasteiger partial charge in [-0.1, -0.05) is 35.4 Å². The Morgan fingerprint density at radius 2 is 2.07 bits per heavy atom. The average Bonchev–Trinajstić information content (AvgIpc) is 2.18. The first-order valence-corrected chi connectivity index (χ1v) is 3.79. The van der Waals surface area contributed by atoms with E-state index < -0.39 is 5.97 Å². The van der Waals surface area contributed by atoms with Crippen LogP contribution in [0.15, 0.2) is 41.1 Å². The molecule has 0 unspecified atom stereocenters. The lowest BCUT2D eigenvalue weighted by Gasteiger charge is -1.93. The summed E-state index contributed by atoms with van der Waals surface area (Å²) in [5.74, 6) is -1.24. The molecule has 0 atom stereocenters. The lowest BCUT2D eigenvalue weighted by molar-refractivity contribution is -0.132. The number of aliphatic carboxylic acids is 1. The van der Waals surface area contributed by atoms with Crippen LogP contribution in [0.3, 0.4) is 0 Å². The molecule has 1 rings (SSSR count). The smallest absolute Gasteiger partial charge is 0.338 e. The van der Waals surface area contributed by atoms with Crippen LogP contribution in [0.5, 0.6) is 0 Å². The summed E-state index contributed by atoms with van der Waals surface area (Å²) in [6.07, 6.45) is 1.31. The van der Waals surface area contributed by atoms with E-state index in [1.807, 2.05) is 6.07 Å². The minimum Gasteiger partial charge on any atom is -0.478 e. The van der Waals surface area contributed by atoms with Crippen LogP contribution >= 0.6 is 0 Å². The van der Waals surface area contributed by atoms with Crippen molar-refractivity contribution in [2.24, 2.45) is 5.11 Å². The molecule has 0 aliphatic heterocycles. The molecule has 1 aromatic carbocycles. The molecule has 14 heavy (non-hydrogen) atoms. The van der Waals surface area contributed by atoms with Gasteiger partial charge >= 0.3 is 5.97 Å². The minimum atomic E-state index is -1.24. The Labute approximate surface area is 79.9 Å². The molecule has 1 N–H and O–H groups in total. The molecule has 5 nitrogen and oxygen atoms in total. The SMILES string of the molecule is [N-]=[N+]=N/C(=C/c1ccccc1)C(=O)O. The fourth-order valence-corrected chi connectivity index (χ4v) is 0.889. The predicted octanol–water partition coefficient (Wildman–Crippen LogP) is 2.42. The number of azide groups is 1. The van der Waals surface area contributed by atoms with Crippen LogP contribution < -0.4 is 0 Å². The molecule has 0 aromatic heterocycles. The normalized spacial score (nSPS) is 10.4. The van der Waals surface area contributed by atoms with Gasteiger partial charge in [0.15, 0.2) is 0 Å². The van der Waals surface area contributed by atoms with Gasteiger partial charge in [-0.15, -0.1) is 0 Å². The Hall–Kier alpha value is -2.26. The maximum atomic E-state index is 10.6. The molecule has 0 aliphatic carbocycles. The number of carboxylic acid groups (broad SMARTS) is 1. The number of hydrogen-bond donors (Lipinski definition) is 1. The summed E-state index contributed by atoms with van der Waals surface area (Å²) in [7, 11) is 0. The van der Waals surface area contributed by atoms with Gasteiger partial charge in [0.1, 0.15) is 5.70 Å². The highest BCUT2D eigenvalue weighted by Crippen LogP contribution is 2.07. The van der Waals surface area contributed by atoms with Crippen molar-refractivity contribution in [1.29, 1.82) is 0 Å². The van der Waals surface area contributed by atoms with Gasteiger partial charge in [-0.2, -0.15) is 0 Å². The molecule has 0 bridgehead atoms. The number of nitrogens with zero attached hydrogens (tertiary/aromatic N) is 3. The summed E-state index contributed by atoms with van der Waals surface area (Å²) in [5.41, 5.74) is 8.48. The highest BCUT2D eigenvalue weighted by atomic mass is 16.4. The van der Waals surface area contributed by atoms with E-state index in [0.29, 0.717) is 5.56 Å². The summed E-state index contributed by atoms with van der Waals surface area (Å²) in [6, 6.07) is 8.78. The van der Waals surface area contributed by atoms with E-state index in [1.165, 1.54) is 6.08 Å². The van der Waals surface area contributed by atoms with E-state index >= 15 is 0 Å². The zero-order chi connectivity index (χ0) is 10.4. The molecule has 5 heteroatoms. The van der Waals surface area contributed by atoms with Crippen molar-refractivity contribution in [2.45, 2.75) is 0 Å². The van der Waals surface area contributed by atoms with E-state index in [-0.39, 0.29) is 5.70 Å². The lowest BCUT2D eigenvalue weighted by atomic mass is 10.2. The first kappa shape index (κ1) is 9.83. The molecular weight excluding hydrogens is 182 g/mol. The third-order valence-electron chi connectivity index (χ3n) is 1.47. The Bertz CT molecular complexity index is 401. The largest absolute Gasteiger partial charge is 0.478 e. The molecule has 0 heterocycles. The van der Waals surface area contributed by atoms with Crippen LogP contribution in [0.4, 0.5) is 0 Å². The van der Waals surface area contributed by atoms with Crippen LogP contribution in [-0.2, 0) is 4.79 Å². The topological polar surface area (TPSA) is 86.1 Å². The average molecular weight is 189 g/mol. The van der Waals surface area contributed by atoms with Gasteiger partial charge in [-0.05, 0) is 17.2 Å². The monoisotopic (exact) mass is 189 g/mol. The molecule has 0 radical (unpaired) electrons. The fraction of sp³-hybridized carbons (Fsp3) is 0. The van der Waals surface area contributed by atoms with Crippen LogP contribution in [0.25, 0.3) is 16.5 Å². The molecule has 70 valence electrons. The van der Waals surface area contributed by atoms with Crippen LogP contribution in [0, 0.1) is 0 Å². The van der Waals surface area contributed by atoms with Crippen LogP contribution in [0.1, 0.15) is 5.56 Å². The second-order valence-electron chi connectivity index (χ2n) is 2.43. The van der Waals surface area contributed by atoms with Gasteiger partial charge in [-0.25, -0.2) is 4.79 Å². The summed E-state index contributed by atoms with van der Waals surface area (Å²) < 4.78 is 0. The predicted molar refractivity (Wildman–Crippen MR) is 51.2 cm³/mol. The minimum absolute atomic E-state index is 0.321. The van der Waals surface area contributed by atoms with Crippen molar-refractivity contribution in [1.82, 2.24) is 0 Å². The molecule has 0 aliphatic rings. The molecule has 0 fully saturated rings. The first-order valence-electron chi connectivity index (χ1n) is 3.79. The van der Waals surface area contributed by atoms with Crippen LogP contribution in [-0.4, -0.2) is 11.1 Å². The number of rotatable bonds is 3. The zero-order valence-electron chi connectivity index (χ0n) is 7.16. The highest BCUT2D eigenvalue weighted by Gasteiger charge is 2.03. The van der Waals surface area contributed by atoms with Gasteiger partial charge < -0.3 is 5.11 Å². The quantitative estimate of drug-likeness (QED) is 0.342. The fourth-order valence-electron chi connectivity index (χ4n) is 0.889. The van der Waals surface area contributed by atoms with E-state index in [1.54, 1.807) is 24.3 Å². The van der Waals surface area contributed by atoms with E-state index in [4.69, 9.17) is 10.6 Å². The number of hydrogen-bond acceptors (Lipinski definition) is 2. The van der Waals surface area contributed by atoms with Crippen molar-refractivity contribution in [3.05, 3.63) is 52.0 Å². The molecule has 1 aromatic rings. The zero-order valence-corrected chi connectivity index (χ0v) is 7.16. The Morgan fingerprint density at radius 3 is 2.57 bits per heavy atom. The second kappa shape index (κ2) is 4.69. The van der Waals surface area contributed by atoms with Gasteiger partial charge in [0.2, 0.25) is 0 Å². The standard InChI is InChI=1S/C9H7N3O2/c10-12-11-8(9(13)14)6-7-4-2-1-3-5-7/h1-6H,(H,13,14)/b8-6+. The second-order valence-corrected chi connectivity index (χ2v) is 2.43. The maximum Gasteiger partial charge on any atom is 0.338 e. The van der Waals surface area contributed by atoms with Gasteiger partial charge in [0, 0.05) is 4.91 Å². The Morgan fingerprint density at radius 1 is 1.43 bits per heavy atom. The van der Waals surface area contributed by atoms with Gasteiger partial charge in [0.25, 0.3) is 0 Å². The van der Waals surface area contributed by atoms with Crippen molar-refractivity contribution in [3.8, 4) is 0 Å². The van der Waals surface area contributed by atoms with Crippen molar-refractivity contribution in [2.75, 3.05) is 0 Å². The summed E-state index contributed by atoms with van der Waals surface area (Å²) in [6.45, 7) is 0. The number of carboxylic acids is 1. The molecule has 0 saturated carbocycles. The van der Waals surface area contributed by atoms with E-state index in [2.05, 4.69) is 10.0 Å².